The fraction of sp³-hybridized carbons (Fsp3) is 0.455. The monoisotopic (exact) mass is 224 g/mol. The summed E-state index contributed by atoms with van der Waals surface area (Å²) in [6.45, 7) is 4.56. The Morgan fingerprint density at radius 1 is 1.12 bits per heavy atom. The zero-order chi connectivity index (χ0) is 11.8. The second-order valence-corrected chi connectivity index (χ2v) is 3.47. The van der Waals surface area contributed by atoms with Crippen molar-refractivity contribution in [3.8, 4) is 0 Å². The molecule has 0 radical (unpaired) electrons. The molecule has 0 saturated carbocycles. The summed E-state index contributed by atoms with van der Waals surface area (Å²) in [6, 6.07) is 0. The molecule has 2 rings (SSSR count). The number of nitrogens with one attached hydrogen (secondary N) is 2. The first-order valence-corrected chi connectivity index (χ1v) is 5.26. The molecule has 88 valence electrons. The highest BCUT2D eigenvalue weighted by molar-refractivity contribution is 5.99. The van der Waals surface area contributed by atoms with Crippen molar-refractivity contribution < 1.29 is 14.7 Å². The summed E-state index contributed by atoms with van der Waals surface area (Å²) in [6.07, 6.45) is 4.21. The summed E-state index contributed by atoms with van der Waals surface area (Å²) in [5.74, 6) is -1.03. The molecule has 1 aliphatic heterocycles. The molecule has 3 N–H and O–H groups in total. The summed E-state index contributed by atoms with van der Waals surface area (Å²) in [4.78, 5) is 20.7. The van der Waals surface area contributed by atoms with Crippen LogP contribution in [0.15, 0.2) is 23.8 Å². The molecule has 0 bridgehead atoms. The molecule has 5 nitrogen and oxygen atoms in total. The Labute approximate surface area is 94.2 Å². The van der Waals surface area contributed by atoms with Crippen LogP contribution < -0.4 is 10.6 Å². The van der Waals surface area contributed by atoms with E-state index in [9.17, 15) is 9.59 Å². The third kappa shape index (κ3) is 4.86. The van der Waals surface area contributed by atoms with Crippen molar-refractivity contribution in [2.45, 2.75) is 6.42 Å². The minimum atomic E-state index is -0.983. The second kappa shape index (κ2) is 6.92. The number of ketones is 1. The number of carboxylic acid groups (broad SMARTS) is 1. The topological polar surface area (TPSA) is 78.4 Å². The van der Waals surface area contributed by atoms with Crippen LogP contribution in [0, 0.1) is 0 Å². The quantitative estimate of drug-likeness (QED) is 0.570. The van der Waals surface area contributed by atoms with Gasteiger partial charge in [0, 0.05) is 32.6 Å². The number of allylic oxidation sites excluding steroid dienone is 2. The highest BCUT2D eigenvalue weighted by Crippen LogP contribution is 2.06. The number of carbonyl (C=O) groups excluding carboxylic acids is 1. The van der Waals surface area contributed by atoms with Gasteiger partial charge in [-0.3, -0.25) is 4.79 Å². The maximum absolute atomic E-state index is 10.5. The molecule has 0 spiro atoms. The smallest absolute Gasteiger partial charge is 0.335 e. The van der Waals surface area contributed by atoms with Crippen LogP contribution in [0.5, 0.6) is 0 Å². The van der Waals surface area contributed by atoms with E-state index in [1.807, 2.05) is 0 Å². The molecule has 1 heterocycles. The van der Waals surface area contributed by atoms with Gasteiger partial charge in [-0.2, -0.15) is 0 Å². The molecular weight excluding hydrogens is 208 g/mol. The zero-order valence-corrected chi connectivity index (χ0v) is 9.03. The number of rotatable bonds is 1. The first-order chi connectivity index (χ1) is 7.70. The van der Waals surface area contributed by atoms with E-state index in [2.05, 4.69) is 10.6 Å². The van der Waals surface area contributed by atoms with Crippen molar-refractivity contribution in [3.63, 3.8) is 0 Å². The molecule has 1 aliphatic carbocycles. The number of carbonyl (C=O) groups is 2. The average Bonchev–Trinajstić information content (AvgIpc) is 2.32. The third-order valence-electron chi connectivity index (χ3n) is 2.18. The Balaban J connectivity index is 0.000000181. The van der Waals surface area contributed by atoms with Crippen LogP contribution in [0.2, 0.25) is 0 Å². The number of hydrogen-bond acceptors (Lipinski definition) is 4. The van der Waals surface area contributed by atoms with Gasteiger partial charge < -0.3 is 15.7 Å². The molecule has 0 aromatic heterocycles. The van der Waals surface area contributed by atoms with Crippen molar-refractivity contribution in [1.29, 1.82) is 0 Å². The van der Waals surface area contributed by atoms with E-state index in [-0.39, 0.29) is 17.8 Å². The lowest BCUT2D eigenvalue weighted by Crippen LogP contribution is -2.39. The van der Waals surface area contributed by atoms with Gasteiger partial charge in [-0.25, -0.2) is 4.79 Å². The van der Waals surface area contributed by atoms with E-state index in [0.29, 0.717) is 0 Å². The van der Waals surface area contributed by atoms with Gasteiger partial charge in [-0.05, 0) is 12.2 Å². The maximum Gasteiger partial charge on any atom is 0.335 e. The van der Waals surface area contributed by atoms with Crippen LogP contribution in [0.1, 0.15) is 6.42 Å². The lowest BCUT2D eigenvalue weighted by molar-refractivity contribution is -0.132. The van der Waals surface area contributed by atoms with E-state index in [1.165, 1.54) is 18.2 Å². The van der Waals surface area contributed by atoms with Crippen LogP contribution in [0.25, 0.3) is 0 Å². The first kappa shape index (κ1) is 12.6. The first-order valence-electron chi connectivity index (χ1n) is 5.26. The largest absolute Gasteiger partial charge is 0.478 e. The maximum atomic E-state index is 10.5. The summed E-state index contributed by atoms with van der Waals surface area (Å²) in [5, 5.41) is 14.8. The molecule has 0 aromatic rings. The van der Waals surface area contributed by atoms with E-state index in [0.717, 1.165) is 26.2 Å². The van der Waals surface area contributed by atoms with Gasteiger partial charge in [0.05, 0.1) is 5.57 Å². The Morgan fingerprint density at radius 3 is 2.00 bits per heavy atom. The predicted octanol–water partition coefficient (Wildman–Crippen LogP) is -0.294. The third-order valence-corrected chi connectivity index (χ3v) is 2.18. The lowest BCUT2D eigenvalue weighted by Gasteiger charge is -2.11. The van der Waals surface area contributed by atoms with Gasteiger partial charge in [-0.1, -0.05) is 6.08 Å². The van der Waals surface area contributed by atoms with Crippen molar-refractivity contribution in [2.24, 2.45) is 0 Å². The molecule has 0 aromatic carbocycles. The number of carboxylic acids is 1. The van der Waals surface area contributed by atoms with Gasteiger partial charge in [0.1, 0.15) is 0 Å². The van der Waals surface area contributed by atoms with E-state index in [4.69, 9.17) is 5.11 Å². The second-order valence-electron chi connectivity index (χ2n) is 3.47. The van der Waals surface area contributed by atoms with Gasteiger partial charge in [0.2, 0.25) is 0 Å². The zero-order valence-electron chi connectivity index (χ0n) is 9.03. The molecule has 0 unspecified atom stereocenters. The fourth-order valence-electron chi connectivity index (χ4n) is 1.29. The number of piperazine rings is 1. The normalized spacial score (nSPS) is 19.5. The van der Waals surface area contributed by atoms with Gasteiger partial charge in [0.15, 0.2) is 5.78 Å². The molecule has 5 heteroatoms. The Hall–Kier alpha value is -1.46. The van der Waals surface area contributed by atoms with Crippen LogP contribution in [-0.4, -0.2) is 43.0 Å². The van der Waals surface area contributed by atoms with Gasteiger partial charge in [0.25, 0.3) is 0 Å². The fourth-order valence-corrected chi connectivity index (χ4v) is 1.29. The molecule has 1 fully saturated rings. The SMILES string of the molecule is C1CNCCN1.O=C1C=CC(C(=O)O)=CC1. The Bertz CT molecular complexity index is 306. The van der Waals surface area contributed by atoms with Crippen molar-refractivity contribution >= 4 is 11.8 Å². The van der Waals surface area contributed by atoms with E-state index < -0.39 is 5.97 Å². The van der Waals surface area contributed by atoms with Gasteiger partial charge >= 0.3 is 5.97 Å². The van der Waals surface area contributed by atoms with Crippen molar-refractivity contribution in [3.05, 3.63) is 23.8 Å². The molecular formula is C11H16N2O3. The summed E-state index contributed by atoms with van der Waals surface area (Å²) in [7, 11) is 0. The van der Waals surface area contributed by atoms with Crippen LogP contribution >= 0.6 is 0 Å². The van der Waals surface area contributed by atoms with Crippen LogP contribution in [-0.2, 0) is 9.59 Å². The molecule has 0 atom stereocenters. The lowest BCUT2D eigenvalue weighted by atomic mass is 10.1. The highest BCUT2D eigenvalue weighted by atomic mass is 16.4. The Morgan fingerprint density at radius 2 is 1.69 bits per heavy atom. The minimum absolute atomic E-state index is 0.0509. The number of aliphatic carboxylic acids is 1. The van der Waals surface area contributed by atoms with Crippen molar-refractivity contribution in [1.82, 2.24) is 10.6 Å². The van der Waals surface area contributed by atoms with Crippen LogP contribution in [0.3, 0.4) is 0 Å². The molecule has 2 aliphatic rings. The summed E-state index contributed by atoms with van der Waals surface area (Å²) in [5.41, 5.74) is 0.194. The van der Waals surface area contributed by atoms with Crippen LogP contribution in [0.4, 0.5) is 0 Å². The number of hydrogen-bond donors (Lipinski definition) is 3. The molecule has 0 amide bonds. The minimum Gasteiger partial charge on any atom is -0.478 e. The Kier molecular flexibility index (Phi) is 5.45. The molecule has 16 heavy (non-hydrogen) atoms. The van der Waals surface area contributed by atoms with Crippen molar-refractivity contribution in [2.75, 3.05) is 26.2 Å². The standard InChI is InChI=1S/C7H6O3.C4H10N2/c8-6-3-1-5(2-4-6)7(9)10;1-2-6-4-3-5-1/h1-3H,4H2,(H,9,10);5-6H,1-4H2. The average molecular weight is 224 g/mol. The summed E-state index contributed by atoms with van der Waals surface area (Å²) < 4.78 is 0. The van der Waals surface area contributed by atoms with E-state index >= 15 is 0 Å². The summed E-state index contributed by atoms with van der Waals surface area (Å²) >= 11 is 0. The highest BCUT2D eigenvalue weighted by Gasteiger charge is 2.08. The van der Waals surface area contributed by atoms with E-state index in [1.54, 1.807) is 0 Å². The predicted molar refractivity (Wildman–Crippen MR) is 60.2 cm³/mol. The molecule has 1 saturated heterocycles. The van der Waals surface area contributed by atoms with Gasteiger partial charge in [-0.15, -0.1) is 0 Å².